The Labute approximate surface area is 107 Å². The topological polar surface area (TPSA) is 35.5 Å². The van der Waals surface area contributed by atoms with E-state index in [2.05, 4.69) is 6.92 Å². The molecule has 0 aliphatic carbocycles. The molecule has 0 fully saturated rings. The SMILES string of the molecule is CCC=C(C)C(=O)O[SiH](CCC)CCOCC. The van der Waals surface area contributed by atoms with Crippen molar-refractivity contribution in [2.24, 2.45) is 0 Å². The number of rotatable bonds is 9. The van der Waals surface area contributed by atoms with Crippen molar-refractivity contribution in [2.75, 3.05) is 13.2 Å². The lowest BCUT2D eigenvalue weighted by atomic mass is 10.2. The van der Waals surface area contributed by atoms with Gasteiger partial charge >= 0.3 is 5.97 Å². The molecular weight excluding hydrogens is 232 g/mol. The molecule has 0 saturated heterocycles. The predicted molar refractivity (Wildman–Crippen MR) is 73.7 cm³/mol. The Morgan fingerprint density at radius 2 is 1.94 bits per heavy atom. The highest BCUT2D eigenvalue weighted by Crippen LogP contribution is 2.09. The molecule has 1 unspecified atom stereocenters. The van der Waals surface area contributed by atoms with Crippen LogP contribution < -0.4 is 0 Å². The fourth-order valence-corrected chi connectivity index (χ4v) is 3.66. The second-order valence-corrected chi connectivity index (χ2v) is 6.73. The van der Waals surface area contributed by atoms with Crippen molar-refractivity contribution < 1.29 is 14.0 Å². The van der Waals surface area contributed by atoms with Gasteiger partial charge in [0.2, 0.25) is 9.04 Å². The molecule has 0 heterocycles. The minimum Gasteiger partial charge on any atom is -0.519 e. The number of allylic oxidation sites excluding steroid dienone is 1. The summed E-state index contributed by atoms with van der Waals surface area (Å²) < 4.78 is 10.9. The van der Waals surface area contributed by atoms with E-state index < -0.39 is 9.04 Å². The number of ether oxygens (including phenoxy) is 1. The summed E-state index contributed by atoms with van der Waals surface area (Å²) in [5.74, 6) is -0.131. The first kappa shape index (κ1) is 16.4. The van der Waals surface area contributed by atoms with Crippen molar-refractivity contribution in [3.63, 3.8) is 0 Å². The fraction of sp³-hybridized carbons (Fsp3) is 0.769. The van der Waals surface area contributed by atoms with E-state index >= 15 is 0 Å². The number of carbonyl (C=O) groups excluding carboxylic acids is 1. The Morgan fingerprint density at radius 3 is 2.47 bits per heavy atom. The van der Waals surface area contributed by atoms with Crippen LogP contribution in [0.1, 0.15) is 40.5 Å². The van der Waals surface area contributed by atoms with Gasteiger partial charge in [0, 0.05) is 18.8 Å². The van der Waals surface area contributed by atoms with Crippen molar-refractivity contribution in [2.45, 2.75) is 52.6 Å². The summed E-state index contributed by atoms with van der Waals surface area (Å²) in [5.41, 5.74) is 0.734. The quantitative estimate of drug-likeness (QED) is 0.362. The zero-order chi connectivity index (χ0) is 13.1. The molecule has 1 atom stereocenters. The lowest BCUT2D eigenvalue weighted by molar-refractivity contribution is -0.130. The maximum atomic E-state index is 11.8. The van der Waals surface area contributed by atoms with Crippen LogP contribution in [0.4, 0.5) is 0 Å². The Hall–Kier alpha value is -0.613. The summed E-state index contributed by atoms with van der Waals surface area (Å²) >= 11 is 0. The third-order valence-corrected chi connectivity index (χ3v) is 5.15. The predicted octanol–water partition coefficient (Wildman–Crippen LogP) is 3.06. The summed E-state index contributed by atoms with van der Waals surface area (Å²) in [6.45, 7) is 9.41. The van der Waals surface area contributed by atoms with Gasteiger partial charge in [0.1, 0.15) is 0 Å². The molecule has 0 spiro atoms. The molecule has 100 valence electrons. The molecular formula is C13H26O3Si. The molecule has 0 aliphatic rings. The number of hydrogen-bond acceptors (Lipinski definition) is 3. The lowest BCUT2D eigenvalue weighted by Crippen LogP contribution is -2.24. The van der Waals surface area contributed by atoms with Crippen molar-refractivity contribution in [3.05, 3.63) is 11.6 Å². The van der Waals surface area contributed by atoms with Gasteiger partial charge in [-0.3, -0.25) is 0 Å². The van der Waals surface area contributed by atoms with Crippen LogP contribution in [-0.4, -0.2) is 28.2 Å². The van der Waals surface area contributed by atoms with E-state index in [1.165, 1.54) is 0 Å². The van der Waals surface area contributed by atoms with Gasteiger partial charge < -0.3 is 9.16 Å². The van der Waals surface area contributed by atoms with Gasteiger partial charge in [0.25, 0.3) is 0 Å². The maximum Gasteiger partial charge on any atom is 0.319 e. The van der Waals surface area contributed by atoms with E-state index in [4.69, 9.17) is 9.16 Å². The summed E-state index contributed by atoms with van der Waals surface area (Å²) in [5, 5.41) is 0. The highest BCUT2D eigenvalue weighted by Gasteiger charge is 2.16. The van der Waals surface area contributed by atoms with Crippen LogP contribution in [-0.2, 0) is 14.0 Å². The molecule has 0 saturated carbocycles. The van der Waals surface area contributed by atoms with Crippen LogP contribution >= 0.6 is 0 Å². The summed E-state index contributed by atoms with van der Waals surface area (Å²) in [7, 11) is -1.42. The number of hydrogen-bond donors (Lipinski definition) is 0. The largest absolute Gasteiger partial charge is 0.519 e. The molecule has 0 aliphatic heterocycles. The Bertz CT molecular complexity index is 239. The normalized spacial score (nSPS) is 13.5. The van der Waals surface area contributed by atoms with E-state index in [9.17, 15) is 4.79 Å². The highest BCUT2D eigenvalue weighted by atomic mass is 28.3. The summed E-state index contributed by atoms with van der Waals surface area (Å²) in [6, 6.07) is 1.96. The summed E-state index contributed by atoms with van der Waals surface area (Å²) in [4.78, 5) is 11.8. The second-order valence-electron chi connectivity index (χ2n) is 4.10. The first-order chi connectivity index (χ1) is 8.15. The van der Waals surface area contributed by atoms with Crippen molar-refractivity contribution in [1.82, 2.24) is 0 Å². The number of carbonyl (C=O) groups is 1. The first-order valence-electron chi connectivity index (χ1n) is 6.61. The van der Waals surface area contributed by atoms with Crippen molar-refractivity contribution >= 4 is 15.0 Å². The standard InChI is InChI=1S/C13H26O3Si/c1-5-8-12(4)13(14)16-17(10-6-2)11-9-15-7-3/h8,17H,5-7,9-11H2,1-4H3. The van der Waals surface area contributed by atoms with E-state index in [1.807, 2.05) is 26.8 Å². The third-order valence-electron chi connectivity index (χ3n) is 2.50. The molecule has 17 heavy (non-hydrogen) atoms. The highest BCUT2D eigenvalue weighted by molar-refractivity contribution is 6.54. The molecule has 0 aromatic rings. The van der Waals surface area contributed by atoms with Crippen molar-refractivity contribution in [3.8, 4) is 0 Å². The zero-order valence-electron chi connectivity index (χ0n) is 11.6. The monoisotopic (exact) mass is 258 g/mol. The molecule has 0 aromatic carbocycles. The zero-order valence-corrected chi connectivity index (χ0v) is 12.8. The van der Waals surface area contributed by atoms with Crippen LogP contribution in [0.15, 0.2) is 11.6 Å². The molecule has 0 bridgehead atoms. The third kappa shape index (κ3) is 8.16. The average Bonchev–Trinajstić information content (AvgIpc) is 2.29. The minimum atomic E-state index is -1.42. The van der Waals surface area contributed by atoms with Crippen LogP contribution in [0.2, 0.25) is 12.1 Å². The van der Waals surface area contributed by atoms with E-state index in [-0.39, 0.29) is 5.97 Å². The van der Waals surface area contributed by atoms with Gasteiger partial charge in [0.05, 0.1) is 0 Å². The molecule has 0 amide bonds. The second kappa shape index (κ2) is 10.5. The Kier molecular flexibility index (Phi) is 10.2. The van der Waals surface area contributed by atoms with Crippen LogP contribution in [0.3, 0.4) is 0 Å². The van der Waals surface area contributed by atoms with Gasteiger partial charge in [-0.2, -0.15) is 0 Å². The molecule has 0 rings (SSSR count). The summed E-state index contributed by atoms with van der Waals surface area (Å²) in [6.07, 6.45) is 3.87. The van der Waals surface area contributed by atoms with Gasteiger partial charge in [-0.25, -0.2) is 4.79 Å². The minimum absolute atomic E-state index is 0.131. The van der Waals surface area contributed by atoms with Crippen molar-refractivity contribution in [1.29, 1.82) is 0 Å². The van der Waals surface area contributed by atoms with Gasteiger partial charge in [-0.15, -0.1) is 0 Å². The van der Waals surface area contributed by atoms with Gasteiger partial charge in [0.15, 0.2) is 0 Å². The first-order valence-corrected chi connectivity index (χ1v) is 8.71. The smallest absolute Gasteiger partial charge is 0.319 e. The molecule has 0 radical (unpaired) electrons. The lowest BCUT2D eigenvalue weighted by Gasteiger charge is -2.16. The van der Waals surface area contributed by atoms with Crippen LogP contribution in [0, 0.1) is 0 Å². The van der Waals surface area contributed by atoms with E-state index in [1.54, 1.807) is 0 Å². The Balaban J connectivity index is 4.13. The average molecular weight is 258 g/mol. The molecule has 3 nitrogen and oxygen atoms in total. The molecule has 4 heteroatoms. The van der Waals surface area contributed by atoms with E-state index in [0.717, 1.165) is 43.7 Å². The fourth-order valence-electron chi connectivity index (χ4n) is 1.58. The Morgan fingerprint density at radius 1 is 1.24 bits per heavy atom. The van der Waals surface area contributed by atoms with E-state index in [0.29, 0.717) is 0 Å². The van der Waals surface area contributed by atoms with Crippen LogP contribution in [0.25, 0.3) is 0 Å². The van der Waals surface area contributed by atoms with Gasteiger partial charge in [-0.1, -0.05) is 26.3 Å². The molecule has 0 N–H and O–H groups in total. The maximum absolute atomic E-state index is 11.8. The van der Waals surface area contributed by atoms with Crippen LogP contribution in [0.5, 0.6) is 0 Å². The molecule has 0 aromatic heterocycles. The van der Waals surface area contributed by atoms with Gasteiger partial charge in [-0.05, 0) is 32.4 Å².